The molecule has 2 rings (SSSR count). The Morgan fingerprint density at radius 3 is 2.47 bits per heavy atom. The molecule has 0 spiro atoms. The van der Waals surface area contributed by atoms with Crippen LogP contribution in [0.4, 0.5) is 11.7 Å². The Bertz CT molecular complexity index is 540. The highest BCUT2D eigenvalue weighted by atomic mass is 16.4. The Morgan fingerprint density at radius 1 is 1.29 bits per heavy atom. The highest BCUT2D eigenvalue weighted by Crippen LogP contribution is 2.15. The summed E-state index contributed by atoms with van der Waals surface area (Å²) in [4.78, 5) is 15.5. The van der Waals surface area contributed by atoms with Crippen LogP contribution in [0.5, 0.6) is 0 Å². The molecular weight excluding hydrogens is 218 g/mol. The first-order valence-corrected chi connectivity index (χ1v) is 5.15. The van der Waals surface area contributed by atoms with Crippen molar-refractivity contribution in [3.63, 3.8) is 0 Å². The maximum absolute atomic E-state index is 11.8. The van der Waals surface area contributed by atoms with Crippen LogP contribution in [-0.2, 0) is 0 Å². The summed E-state index contributed by atoms with van der Waals surface area (Å²) in [6, 6.07) is 5.78. The van der Waals surface area contributed by atoms with Crippen LogP contribution < -0.4 is 11.1 Å². The summed E-state index contributed by atoms with van der Waals surface area (Å²) in [6.07, 6.45) is 1.23. The number of carbonyl (C=O) groups excluding carboxylic acids is 1. The van der Waals surface area contributed by atoms with Gasteiger partial charge in [-0.3, -0.25) is 4.79 Å². The van der Waals surface area contributed by atoms with Gasteiger partial charge in [0.25, 0.3) is 11.9 Å². The summed E-state index contributed by atoms with van der Waals surface area (Å²) in [7, 11) is 0. The second kappa shape index (κ2) is 4.29. The predicted octanol–water partition coefficient (Wildman–Crippen LogP) is 2.13. The van der Waals surface area contributed by atoms with Gasteiger partial charge >= 0.3 is 0 Å². The number of hydrogen-bond donors (Lipinski definition) is 2. The van der Waals surface area contributed by atoms with Crippen molar-refractivity contribution in [3.8, 4) is 0 Å². The molecular formula is C12H13N3O2. The largest absolute Gasteiger partial charge is 0.431 e. The minimum absolute atomic E-state index is 0.0180. The van der Waals surface area contributed by atoms with Gasteiger partial charge in [0, 0.05) is 5.69 Å². The summed E-state index contributed by atoms with van der Waals surface area (Å²) >= 11 is 0. The zero-order valence-electron chi connectivity index (χ0n) is 9.65. The number of nitrogens with two attached hydrogens (primary N) is 1. The van der Waals surface area contributed by atoms with Gasteiger partial charge in [-0.25, -0.2) is 0 Å². The van der Waals surface area contributed by atoms with Gasteiger partial charge in [-0.1, -0.05) is 6.07 Å². The first-order chi connectivity index (χ1) is 8.04. The summed E-state index contributed by atoms with van der Waals surface area (Å²) in [6.45, 7) is 3.94. The van der Waals surface area contributed by atoms with E-state index in [1.165, 1.54) is 6.26 Å². The molecule has 0 radical (unpaired) electrons. The molecule has 0 aliphatic heterocycles. The van der Waals surface area contributed by atoms with Crippen molar-refractivity contribution in [2.75, 3.05) is 11.1 Å². The lowest BCUT2D eigenvalue weighted by Gasteiger charge is -2.05. The van der Waals surface area contributed by atoms with Crippen LogP contribution in [0, 0.1) is 13.8 Å². The highest BCUT2D eigenvalue weighted by molar-refractivity contribution is 6.02. The number of nitrogens with one attached hydrogen (secondary N) is 1. The summed E-state index contributed by atoms with van der Waals surface area (Å²) in [5.74, 6) is -0.338. The van der Waals surface area contributed by atoms with Gasteiger partial charge in [0.2, 0.25) is 0 Å². The second-order valence-corrected chi connectivity index (χ2v) is 3.90. The minimum atomic E-state index is -0.338. The van der Waals surface area contributed by atoms with Crippen LogP contribution in [-0.4, -0.2) is 10.9 Å². The molecule has 0 unspecified atom stereocenters. The number of nitrogen functional groups attached to an aromatic ring is 1. The molecule has 2 aromatic rings. The summed E-state index contributed by atoms with van der Waals surface area (Å²) in [5.41, 5.74) is 8.37. The summed E-state index contributed by atoms with van der Waals surface area (Å²) < 4.78 is 4.78. The predicted molar refractivity (Wildman–Crippen MR) is 64.8 cm³/mol. The summed E-state index contributed by atoms with van der Waals surface area (Å²) in [5, 5.41) is 2.74. The van der Waals surface area contributed by atoms with E-state index in [1.807, 2.05) is 32.0 Å². The van der Waals surface area contributed by atoms with Crippen molar-refractivity contribution >= 4 is 17.6 Å². The Hall–Kier alpha value is -2.30. The first-order valence-electron chi connectivity index (χ1n) is 5.15. The highest BCUT2D eigenvalue weighted by Gasteiger charge is 2.11. The van der Waals surface area contributed by atoms with Crippen molar-refractivity contribution in [2.45, 2.75) is 13.8 Å². The maximum atomic E-state index is 11.8. The van der Waals surface area contributed by atoms with Crippen LogP contribution in [0.2, 0.25) is 0 Å². The van der Waals surface area contributed by atoms with E-state index in [9.17, 15) is 4.79 Å². The fourth-order valence-electron chi connectivity index (χ4n) is 1.63. The van der Waals surface area contributed by atoms with Gasteiger partial charge in [0.15, 0.2) is 5.69 Å². The van der Waals surface area contributed by atoms with Crippen molar-refractivity contribution in [1.82, 2.24) is 4.98 Å². The van der Waals surface area contributed by atoms with Crippen LogP contribution in [0.25, 0.3) is 0 Å². The number of benzene rings is 1. The Balaban J connectivity index is 2.18. The molecule has 1 aromatic heterocycles. The zero-order valence-corrected chi connectivity index (χ0v) is 9.65. The van der Waals surface area contributed by atoms with E-state index in [2.05, 4.69) is 10.3 Å². The lowest BCUT2D eigenvalue weighted by molar-refractivity contribution is 0.102. The monoisotopic (exact) mass is 231 g/mol. The van der Waals surface area contributed by atoms with E-state index in [4.69, 9.17) is 10.2 Å². The van der Waals surface area contributed by atoms with Crippen LogP contribution in [0.15, 0.2) is 28.9 Å². The number of carbonyl (C=O) groups is 1. The van der Waals surface area contributed by atoms with E-state index >= 15 is 0 Å². The Morgan fingerprint density at radius 2 is 1.94 bits per heavy atom. The SMILES string of the molecule is Cc1cc(C)cc(NC(=O)c2coc(N)n2)c1. The second-order valence-electron chi connectivity index (χ2n) is 3.90. The molecule has 0 aliphatic carbocycles. The molecule has 1 amide bonds. The molecule has 0 atom stereocenters. The minimum Gasteiger partial charge on any atom is -0.431 e. The van der Waals surface area contributed by atoms with E-state index < -0.39 is 0 Å². The Labute approximate surface area is 98.6 Å². The van der Waals surface area contributed by atoms with E-state index in [0.29, 0.717) is 0 Å². The molecule has 88 valence electrons. The van der Waals surface area contributed by atoms with Crippen molar-refractivity contribution in [3.05, 3.63) is 41.3 Å². The number of oxazole rings is 1. The Kier molecular flexibility index (Phi) is 2.82. The average Bonchev–Trinajstić information content (AvgIpc) is 2.63. The quantitative estimate of drug-likeness (QED) is 0.829. The third kappa shape index (κ3) is 2.63. The standard InChI is InChI=1S/C12H13N3O2/c1-7-3-8(2)5-9(4-7)14-11(16)10-6-17-12(13)15-10/h3-6H,1-2H3,(H2,13,15)(H,14,16). The number of aromatic nitrogens is 1. The normalized spacial score (nSPS) is 10.2. The lowest BCUT2D eigenvalue weighted by atomic mass is 10.1. The van der Waals surface area contributed by atoms with Crippen molar-refractivity contribution in [2.24, 2.45) is 0 Å². The van der Waals surface area contributed by atoms with Gasteiger partial charge in [-0.15, -0.1) is 0 Å². The maximum Gasteiger partial charge on any atom is 0.292 e. The fraction of sp³-hybridized carbons (Fsp3) is 0.167. The van der Waals surface area contributed by atoms with Gasteiger partial charge < -0.3 is 15.5 Å². The first kappa shape index (κ1) is 11.2. The molecule has 5 heteroatoms. The van der Waals surface area contributed by atoms with Crippen molar-refractivity contribution in [1.29, 1.82) is 0 Å². The molecule has 0 saturated heterocycles. The third-order valence-electron chi connectivity index (χ3n) is 2.23. The molecule has 17 heavy (non-hydrogen) atoms. The van der Waals surface area contributed by atoms with E-state index in [1.54, 1.807) is 0 Å². The van der Waals surface area contributed by atoms with Crippen LogP contribution >= 0.6 is 0 Å². The topological polar surface area (TPSA) is 81.2 Å². The molecule has 3 N–H and O–H groups in total. The zero-order chi connectivity index (χ0) is 12.4. The lowest BCUT2D eigenvalue weighted by Crippen LogP contribution is -2.12. The number of aryl methyl sites for hydroxylation is 2. The number of amides is 1. The van der Waals surface area contributed by atoms with E-state index in [-0.39, 0.29) is 17.6 Å². The molecule has 1 heterocycles. The average molecular weight is 231 g/mol. The fourth-order valence-corrected chi connectivity index (χ4v) is 1.63. The van der Waals surface area contributed by atoms with Gasteiger partial charge in [-0.05, 0) is 37.1 Å². The number of nitrogens with zero attached hydrogens (tertiary/aromatic N) is 1. The van der Waals surface area contributed by atoms with Crippen LogP contribution in [0.3, 0.4) is 0 Å². The van der Waals surface area contributed by atoms with Gasteiger partial charge in [0.1, 0.15) is 6.26 Å². The molecule has 0 saturated carbocycles. The van der Waals surface area contributed by atoms with Gasteiger partial charge in [0.05, 0.1) is 0 Å². The number of rotatable bonds is 2. The molecule has 0 fully saturated rings. The van der Waals surface area contributed by atoms with Gasteiger partial charge in [-0.2, -0.15) is 4.98 Å². The smallest absolute Gasteiger partial charge is 0.292 e. The number of anilines is 2. The molecule has 0 bridgehead atoms. The van der Waals surface area contributed by atoms with E-state index in [0.717, 1.165) is 16.8 Å². The molecule has 1 aromatic carbocycles. The third-order valence-corrected chi connectivity index (χ3v) is 2.23. The van der Waals surface area contributed by atoms with Crippen LogP contribution in [0.1, 0.15) is 21.6 Å². The van der Waals surface area contributed by atoms with Crippen molar-refractivity contribution < 1.29 is 9.21 Å². The number of hydrogen-bond acceptors (Lipinski definition) is 4. The molecule has 5 nitrogen and oxygen atoms in total. The molecule has 0 aliphatic rings.